The van der Waals surface area contributed by atoms with Crippen LogP contribution in [0.2, 0.25) is 0 Å². The summed E-state index contributed by atoms with van der Waals surface area (Å²) < 4.78 is 1.87. The summed E-state index contributed by atoms with van der Waals surface area (Å²) in [7, 11) is 0. The van der Waals surface area contributed by atoms with Crippen molar-refractivity contribution >= 4 is 22.4 Å². The Morgan fingerprint density at radius 2 is 1.79 bits per heavy atom. The number of hydrogen-bond donors (Lipinski definition) is 2. The SMILES string of the molecule is O=C(Cc1cncn1Cc1ccc([N+](=O)[O-])cc1)NCCNCc1cccc2ccccc12. The van der Waals surface area contributed by atoms with Crippen LogP contribution in [0.25, 0.3) is 10.8 Å². The average Bonchev–Trinajstić information content (AvgIpc) is 3.25. The lowest BCUT2D eigenvalue weighted by Gasteiger charge is -2.10. The van der Waals surface area contributed by atoms with Crippen molar-refractivity contribution < 1.29 is 9.72 Å². The summed E-state index contributed by atoms with van der Waals surface area (Å²) in [4.78, 5) is 26.9. The van der Waals surface area contributed by atoms with Crippen LogP contribution in [-0.2, 0) is 24.3 Å². The monoisotopic (exact) mass is 443 g/mol. The standard InChI is InChI=1S/C25H25N5O3/c31-25(28-13-12-26-15-21-6-3-5-20-4-1-2-7-24(20)21)14-23-16-27-18-29(23)17-19-8-10-22(11-9-19)30(32)33/h1-11,16,18,26H,12-15,17H2,(H,28,31). The van der Waals surface area contributed by atoms with Crippen molar-refractivity contribution in [1.29, 1.82) is 0 Å². The highest BCUT2D eigenvalue weighted by molar-refractivity contribution is 5.85. The van der Waals surface area contributed by atoms with Gasteiger partial charge in [0.1, 0.15) is 0 Å². The number of nitro groups is 1. The molecule has 33 heavy (non-hydrogen) atoms. The number of non-ortho nitro benzene ring substituents is 1. The first-order valence-corrected chi connectivity index (χ1v) is 10.8. The molecular weight excluding hydrogens is 418 g/mol. The smallest absolute Gasteiger partial charge is 0.269 e. The maximum absolute atomic E-state index is 12.4. The molecule has 0 aliphatic heterocycles. The van der Waals surface area contributed by atoms with Gasteiger partial charge in [-0.25, -0.2) is 4.98 Å². The molecule has 8 heteroatoms. The van der Waals surface area contributed by atoms with Crippen LogP contribution in [-0.4, -0.2) is 33.5 Å². The minimum atomic E-state index is -0.423. The zero-order chi connectivity index (χ0) is 23.0. The van der Waals surface area contributed by atoms with Gasteiger partial charge in [-0.05, 0) is 21.9 Å². The lowest BCUT2D eigenvalue weighted by atomic mass is 10.0. The Kier molecular flexibility index (Phi) is 7.06. The quantitative estimate of drug-likeness (QED) is 0.222. The first kappa shape index (κ1) is 22.2. The highest BCUT2D eigenvalue weighted by Gasteiger charge is 2.10. The van der Waals surface area contributed by atoms with Gasteiger partial charge < -0.3 is 15.2 Å². The molecule has 0 aliphatic carbocycles. The number of nitrogens with one attached hydrogen (secondary N) is 2. The Morgan fingerprint density at radius 1 is 1.00 bits per heavy atom. The van der Waals surface area contributed by atoms with Crippen LogP contribution in [0.4, 0.5) is 5.69 Å². The van der Waals surface area contributed by atoms with Crippen LogP contribution in [0.5, 0.6) is 0 Å². The Hall–Kier alpha value is -4.04. The van der Waals surface area contributed by atoms with E-state index in [1.54, 1.807) is 24.7 Å². The third kappa shape index (κ3) is 5.81. The Bertz CT molecular complexity index is 1250. The lowest BCUT2D eigenvalue weighted by Crippen LogP contribution is -2.33. The summed E-state index contributed by atoms with van der Waals surface area (Å²) >= 11 is 0. The lowest BCUT2D eigenvalue weighted by molar-refractivity contribution is -0.384. The van der Waals surface area contributed by atoms with Crippen molar-refractivity contribution in [2.75, 3.05) is 13.1 Å². The van der Waals surface area contributed by atoms with Crippen LogP contribution in [0, 0.1) is 10.1 Å². The molecule has 8 nitrogen and oxygen atoms in total. The van der Waals surface area contributed by atoms with E-state index >= 15 is 0 Å². The predicted molar refractivity (Wildman–Crippen MR) is 127 cm³/mol. The van der Waals surface area contributed by atoms with Gasteiger partial charge in [0.15, 0.2) is 0 Å². The molecule has 2 N–H and O–H groups in total. The van der Waals surface area contributed by atoms with E-state index in [1.165, 1.54) is 28.5 Å². The highest BCUT2D eigenvalue weighted by atomic mass is 16.6. The Labute approximate surface area is 191 Å². The molecule has 0 spiro atoms. The van der Waals surface area contributed by atoms with Gasteiger partial charge in [-0.15, -0.1) is 0 Å². The first-order chi connectivity index (χ1) is 16.1. The van der Waals surface area contributed by atoms with Crippen LogP contribution >= 0.6 is 0 Å². The summed E-state index contributed by atoms with van der Waals surface area (Å²) in [5.74, 6) is -0.0765. The average molecular weight is 444 g/mol. The predicted octanol–water partition coefficient (Wildman–Crippen LogP) is 3.44. The fourth-order valence-corrected chi connectivity index (χ4v) is 3.74. The molecule has 0 unspecified atom stereocenters. The first-order valence-electron chi connectivity index (χ1n) is 10.8. The molecule has 0 bridgehead atoms. The fraction of sp³-hybridized carbons (Fsp3) is 0.200. The largest absolute Gasteiger partial charge is 0.354 e. The molecule has 0 atom stereocenters. The van der Waals surface area contributed by atoms with Gasteiger partial charge in [0, 0.05) is 50.2 Å². The zero-order valence-corrected chi connectivity index (χ0v) is 18.1. The van der Waals surface area contributed by atoms with Gasteiger partial charge >= 0.3 is 0 Å². The number of carbonyl (C=O) groups is 1. The maximum atomic E-state index is 12.4. The van der Waals surface area contributed by atoms with Gasteiger partial charge in [0.25, 0.3) is 5.69 Å². The van der Waals surface area contributed by atoms with Gasteiger partial charge in [0.05, 0.1) is 17.7 Å². The van der Waals surface area contributed by atoms with E-state index in [2.05, 4.69) is 45.9 Å². The fourth-order valence-electron chi connectivity index (χ4n) is 3.74. The second kappa shape index (κ2) is 10.5. The Balaban J connectivity index is 1.23. The minimum absolute atomic E-state index is 0.0537. The molecule has 4 rings (SSSR count). The summed E-state index contributed by atoms with van der Waals surface area (Å²) in [6.45, 7) is 2.42. The maximum Gasteiger partial charge on any atom is 0.269 e. The van der Waals surface area contributed by atoms with Crippen LogP contribution in [0.15, 0.2) is 79.3 Å². The number of amides is 1. The molecule has 0 fully saturated rings. The number of imidazole rings is 1. The summed E-state index contributed by atoms with van der Waals surface area (Å²) in [6, 6.07) is 20.9. The van der Waals surface area contributed by atoms with E-state index < -0.39 is 4.92 Å². The normalized spacial score (nSPS) is 10.9. The summed E-state index contributed by atoms with van der Waals surface area (Å²) in [5.41, 5.74) is 2.97. The van der Waals surface area contributed by atoms with Crippen molar-refractivity contribution in [3.63, 3.8) is 0 Å². The summed E-state index contributed by atoms with van der Waals surface area (Å²) in [5, 5.41) is 19.6. The number of rotatable bonds is 10. The van der Waals surface area contributed by atoms with E-state index in [-0.39, 0.29) is 18.0 Å². The van der Waals surface area contributed by atoms with Crippen molar-refractivity contribution in [3.05, 3.63) is 106 Å². The van der Waals surface area contributed by atoms with Crippen molar-refractivity contribution in [1.82, 2.24) is 20.2 Å². The van der Waals surface area contributed by atoms with Gasteiger partial charge in [0.2, 0.25) is 5.91 Å². The zero-order valence-electron chi connectivity index (χ0n) is 18.1. The molecular formula is C25H25N5O3. The van der Waals surface area contributed by atoms with Gasteiger partial charge in [-0.3, -0.25) is 14.9 Å². The number of nitro benzene ring substituents is 1. The van der Waals surface area contributed by atoms with Crippen LogP contribution < -0.4 is 10.6 Å². The molecule has 0 saturated heterocycles. The van der Waals surface area contributed by atoms with E-state index in [9.17, 15) is 14.9 Å². The van der Waals surface area contributed by atoms with Crippen LogP contribution in [0.1, 0.15) is 16.8 Å². The molecule has 168 valence electrons. The van der Waals surface area contributed by atoms with E-state index in [0.29, 0.717) is 19.6 Å². The van der Waals surface area contributed by atoms with Crippen molar-refractivity contribution in [3.8, 4) is 0 Å². The van der Waals surface area contributed by atoms with E-state index in [1.807, 2.05) is 16.7 Å². The molecule has 0 saturated carbocycles. The number of hydrogen-bond acceptors (Lipinski definition) is 5. The third-order valence-electron chi connectivity index (χ3n) is 5.46. The Morgan fingerprint density at radius 3 is 2.61 bits per heavy atom. The van der Waals surface area contributed by atoms with E-state index in [0.717, 1.165) is 17.8 Å². The van der Waals surface area contributed by atoms with Gasteiger partial charge in [-0.2, -0.15) is 0 Å². The topological polar surface area (TPSA) is 102 Å². The molecule has 1 aromatic heterocycles. The molecule has 0 aliphatic rings. The van der Waals surface area contributed by atoms with Gasteiger partial charge in [-0.1, -0.05) is 54.6 Å². The molecule has 3 aromatic carbocycles. The van der Waals surface area contributed by atoms with E-state index in [4.69, 9.17) is 0 Å². The number of carbonyl (C=O) groups excluding carboxylic acids is 1. The number of aromatic nitrogens is 2. The van der Waals surface area contributed by atoms with Crippen molar-refractivity contribution in [2.24, 2.45) is 0 Å². The number of nitrogens with zero attached hydrogens (tertiary/aromatic N) is 3. The second-order valence-corrected chi connectivity index (χ2v) is 7.78. The number of fused-ring (bicyclic) bond motifs is 1. The molecule has 4 aromatic rings. The second-order valence-electron chi connectivity index (χ2n) is 7.78. The molecule has 1 heterocycles. The third-order valence-corrected chi connectivity index (χ3v) is 5.46. The number of benzene rings is 3. The van der Waals surface area contributed by atoms with Crippen LogP contribution in [0.3, 0.4) is 0 Å². The summed E-state index contributed by atoms with van der Waals surface area (Å²) in [6.07, 6.45) is 3.55. The highest BCUT2D eigenvalue weighted by Crippen LogP contribution is 2.18. The van der Waals surface area contributed by atoms with Crippen molar-refractivity contribution in [2.45, 2.75) is 19.5 Å². The molecule has 0 radical (unpaired) electrons. The molecule has 1 amide bonds. The minimum Gasteiger partial charge on any atom is -0.354 e.